The summed E-state index contributed by atoms with van der Waals surface area (Å²) in [4.78, 5) is 17.1. The van der Waals surface area contributed by atoms with Gasteiger partial charge in [0.15, 0.2) is 0 Å². The summed E-state index contributed by atoms with van der Waals surface area (Å²) in [5.74, 6) is -0.307. The smallest absolute Gasteiger partial charge is 0.387 e. The predicted molar refractivity (Wildman–Crippen MR) is 117 cm³/mol. The summed E-state index contributed by atoms with van der Waals surface area (Å²) < 4.78 is 29.4. The Morgan fingerprint density at radius 1 is 0.969 bits per heavy atom. The van der Waals surface area contributed by atoms with E-state index in [0.29, 0.717) is 16.6 Å². The van der Waals surface area contributed by atoms with Crippen LogP contribution < -0.4 is 10.1 Å². The summed E-state index contributed by atoms with van der Waals surface area (Å²) in [6.45, 7) is -2.93. The number of nitrogens with one attached hydrogen (secondary N) is 1. The molecule has 0 aliphatic rings. The number of phenols is 1. The lowest BCUT2D eigenvalue weighted by atomic mass is 9.95. The van der Waals surface area contributed by atoms with Gasteiger partial charge in [0, 0.05) is 17.1 Å². The normalized spacial score (nSPS) is 12.0. The van der Waals surface area contributed by atoms with Crippen LogP contribution in [0.3, 0.4) is 0 Å². The maximum absolute atomic E-state index is 12.8. The van der Waals surface area contributed by atoms with Crippen LogP contribution in [0.25, 0.3) is 10.9 Å². The third-order valence-electron chi connectivity index (χ3n) is 5.04. The number of aromatic nitrogens is 1. The van der Waals surface area contributed by atoms with Crippen molar-refractivity contribution in [2.45, 2.75) is 19.1 Å². The summed E-state index contributed by atoms with van der Waals surface area (Å²) in [6.07, 6.45) is 1.72. The molecule has 4 rings (SSSR count). The summed E-state index contributed by atoms with van der Waals surface area (Å²) >= 11 is 0. The van der Waals surface area contributed by atoms with Gasteiger partial charge in [0.2, 0.25) is 5.91 Å². The molecule has 0 saturated heterocycles. The largest absolute Gasteiger partial charge is 0.505 e. The molecule has 2 N–H and O–H groups in total. The molecule has 5 nitrogen and oxygen atoms in total. The zero-order chi connectivity index (χ0) is 22.5. The topological polar surface area (TPSA) is 71.5 Å². The van der Waals surface area contributed by atoms with Crippen molar-refractivity contribution in [3.05, 3.63) is 102 Å². The molecule has 0 aliphatic carbocycles. The number of rotatable bonds is 7. The van der Waals surface area contributed by atoms with E-state index in [1.165, 1.54) is 12.1 Å². The van der Waals surface area contributed by atoms with Gasteiger partial charge in [-0.1, -0.05) is 60.7 Å². The first-order valence-corrected chi connectivity index (χ1v) is 9.96. The number of ether oxygens (including phenoxy) is 1. The molecule has 1 atom stereocenters. The van der Waals surface area contributed by atoms with Gasteiger partial charge in [0.25, 0.3) is 0 Å². The first-order valence-electron chi connectivity index (χ1n) is 9.96. The van der Waals surface area contributed by atoms with Gasteiger partial charge in [-0.15, -0.1) is 0 Å². The molecule has 0 aliphatic heterocycles. The van der Waals surface area contributed by atoms with Gasteiger partial charge in [-0.3, -0.25) is 9.78 Å². The highest BCUT2D eigenvalue weighted by Gasteiger charge is 2.22. The van der Waals surface area contributed by atoms with Crippen LogP contribution in [0.2, 0.25) is 0 Å². The maximum Gasteiger partial charge on any atom is 0.387 e. The minimum Gasteiger partial charge on any atom is -0.505 e. The Balaban J connectivity index is 1.69. The van der Waals surface area contributed by atoms with Crippen LogP contribution in [0, 0.1) is 0 Å². The Labute approximate surface area is 183 Å². The number of halogens is 2. The van der Waals surface area contributed by atoms with E-state index < -0.39 is 12.7 Å². The Kier molecular flexibility index (Phi) is 6.26. The fraction of sp³-hybridized carbons (Fsp3) is 0.120. The Hall–Kier alpha value is -4.00. The molecule has 0 spiro atoms. The molecule has 3 aromatic carbocycles. The Morgan fingerprint density at radius 3 is 2.44 bits per heavy atom. The number of phenolic OH excluding ortho intramolecular Hbond substituents is 1. The number of benzene rings is 3. The minimum atomic E-state index is -2.93. The van der Waals surface area contributed by atoms with E-state index in [9.17, 15) is 18.7 Å². The number of carbonyl (C=O) groups is 1. The molecule has 32 heavy (non-hydrogen) atoms. The molecular weight excluding hydrogens is 414 g/mol. The molecule has 1 aromatic heterocycles. The standard InChI is InChI=1S/C25H20F2N2O3/c26-25(27)32-19-11-8-18(9-12-19)22(29-21(30)15-16-5-2-1-3-6-16)20-13-10-17-7-4-14-28-23(17)24(20)31/h1-14,22,25,31H,15H2,(H,29,30). The van der Waals surface area contributed by atoms with Crippen molar-refractivity contribution in [2.75, 3.05) is 0 Å². The number of hydrogen-bond donors (Lipinski definition) is 2. The van der Waals surface area contributed by atoms with Crippen LogP contribution in [0.5, 0.6) is 11.5 Å². The van der Waals surface area contributed by atoms with E-state index in [4.69, 9.17) is 0 Å². The first-order chi connectivity index (χ1) is 15.5. The van der Waals surface area contributed by atoms with Crippen LogP contribution in [-0.2, 0) is 11.2 Å². The zero-order valence-electron chi connectivity index (χ0n) is 16.9. The molecular formula is C25H20F2N2O3. The Morgan fingerprint density at radius 2 is 1.72 bits per heavy atom. The van der Waals surface area contributed by atoms with E-state index in [1.807, 2.05) is 42.5 Å². The van der Waals surface area contributed by atoms with Gasteiger partial charge in [-0.25, -0.2) is 0 Å². The Bertz CT molecular complexity index is 1220. The summed E-state index contributed by atoms with van der Waals surface area (Å²) in [6, 6.07) is 21.6. The van der Waals surface area contributed by atoms with Gasteiger partial charge in [0.05, 0.1) is 12.5 Å². The van der Waals surface area contributed by atoms with Crippen molar-refractivity contribution in [3.63, 3.8) is 0 Å². The van der Waals surface area contributed by atoms with Crippen LogP contribution in [-0.4, -0.2) is 22.6 Å². The van der Waals surface area contributed by atoms with Crippen LogP contribution in [0.1, 0.15) is 22.7 Å². The number of alkyl halides is 2. The highest BCUT2D eigenvalue weighted by molar-refractivity contribution is 5.86. The molecule has 1 unspecified atom stereocenters. The lowest BCUT2D eigenvalue weighted by molar-refractivity contribution is -0.120. The van der Waals surface area contributed by atoms with Crippen LogP contribution >= 0.6 is 0 Å². The van der Waals surface area contributed by atoms with Crippen LogP contribution in [0.4, 0.5) is 8.78 Å². The molecule has 1 amide bonds. The lowest BCUT2D eigenvalue weighted by Crippen LogP contribution is -2.30. The fourth-order valence-electron chi connectivity index (χ4n) is 3.55. The number of fused-ring (bicyclic) bond motifs is 1. The third-order valence-corrected chi connectivity index (χ3v) is 5.04. The van der Waals surface area contributed by atoms with Crippen molar-refractivity contribution < 1.29 is 23.4 Å². The molecule has 0 bridgehead atoms. The van der Waals surface area contributed by atoms with Gasteiger partial charge in [0.1, 0.15) is 17.0 Å². The highest BCUT2D eigenvalue weighted by Crippen LogP contribution is 2.35. The van der Waals surface area contributed by atoms with Gasteiger partial charge in [-0.05, 0) is 29.3 Å². The van der Waals surface area contributed by atoms with E-state index in [0.717, 1.165) is 10.9 Å². The van der Waals surface area contributed by atoms with E-state index >= 15 is 0 Å². The van der Waals surface area contributed by atoms with Crippen molar-refractivity contribution in [3.8, 4) is 11.5 Å². The molecule has 7 heteroatoms. The van der Waals surface area contributed by atoms with Crippen molar-refractivity contribution >= 4 is 16.8 Å². The number of nitrogens with zero attached hydrogens (tertiary/aromatic N) is 1. The second-order valence-electron chi connectivity index (χ2n) is 7.19. The van der Waals surface area contributed by atoms with Gasteiger partial charge in [-0.2, -0.15) is 8.78 Å². The second kappa shape index (κ2) is 9.43. The highest BCUT2D eigenvalue weighted by atomic mass is 19.3. The molecule has 4 aromatic rings. The number of amides is 1. The quantitative estimate of drug-likeness (QED) is 0.430. The summed E-state index contributed by atoms with van der Waals surface area (Å²) in [5.41, 5.74) is 2.29. The maximum atomic E-state index is 12.8. The second-order valence-corrected chi connectivity index (χ2v) is 7.19. The first kappa shape index (κ1) is 21.2. The van der Waals surface area contributed by atoms with Crippen molar-refractivity contribution in [1.82, 2.24) is 10.3 Å². The SMILES string of the molecule is O=C(Cc1ccccc1)NC(c1ccc(OC(F)F)cc1)c1ccc2cccnc2c1O. The average Bonchev–Trinajstić information content (AvgIpc) is 2.79. The molecule has 0 saturated carbocycles. The molecule has 0 fully saturated rings. The summed E-state index contributed by atoms with van der Waals surface area (Å²) in [5, 5.41) is 14.6. The number of carbonyl (C=O) groups excluding carboxylic acids is 1. The number of hydrogen-bond acceptors (Lipinski definition) is 4. The minimum absolute atomic E-state index is 0.00233. The molecule has 162 valence electrons. The van der Waals surface area contributed by atoms with Crippen molar-refractivity contribution in [1.29, 1.82) is 0 Å². The van der Waals surface area contributed by atoms with E-state index in [-0.39, 0.29) is 23.8 Å². The van der Waals surface area contributed by atoms with Gasteiger partial charge < -0.3 is 15.2 Å². The summed E-state index contributed by atoms with van der Waals surface area (Å²) in [7, 11) is 0. The number of pyridine rings is 1. The fourth-order valence-corrected chi connectivity index (χ4v) is 3.55. The van der Waals surface area contributed by atoms with E-state index in [1.54, 1.807) is 30.5 Å². The monoisotopic (exact) mass is 434 g/mol. The average molecular weight is 434 g/mol. The molecule has 0 radical (unpaired) electrons. The van der Waals surface area contributed by atoms with Crippen LogP contribution in [0.15, 0.2) is 85.1 Å². The van der Waals surface area contributed by atoms with Gasteiger partial charge >= 0.3 is 6.61 Å². The lowest BCUT2D eigenvalue weighted by Gasteiger charge is -2.22. The zero-order valence-corrected chi connectivity index (χ0v) is 16.9. The predicted octanol–water partition coefficient (Wildman–Crippen LogP) is 4.99. The van der Waals surface area contributed by atoms with E-state index in [2.05, 4.69) is 15.0 Å². The van der Waals surface area contributed by atoms with Crippen molar-refractivity contribution in [2.24, 2.45) is 0 Å². The third kappa shape index (κ3) is 4.83. The number of aromatic hydroxyl groups is 1. The molecule has 1 heterocycles.